The van der Waals surface area contributed by atoms with Crippen LogP contribution in [0.2, 0.25) is 0 Å². The van der Waals surface area contributed by atoms with Gasteiger partial charge in [0, 0.05) is 17.6 Å². The van der Waals surface area contributed by atoms with Gasteiger partial charge in [0.1, 0.15) is 12.0 Å². The van der Waals surface area contributed by atoms with Gasteiger partial charge in [0.15, 0.2) is 0 Å². The highest BCUT2D eigenvalue weighted by Crippen LogP contribution is 2.34. The number of rotatable bonds is 7. The summed E-state index contributed by atoms with van der Waals surface area (Å²) in [5.74, 6) is 0. The van der Waals surface area contributed by atoms with Crippen molar-refractivity contribution in [2.45, 2.75) is 43.9 Å². The molecule has 0 aliphatic heterocycles. The van der Waals surface area contributed by atoms with E-state index in [4.69, 9.17) is 0 Å². The van der Waals surface area contributed by atoms with Crippen LogP contribution in [0.25, 0.3) is 11.0 Å². The van der Waals surface area contributed by atoms with Crippen molar-refractivity contribution < 1.29 is 17.7 Å². The Morgan fingerprint density at radius 3 is 2.72 bits per heavy atom. The summed E-state index contributed by atoms with van der Waals surface area (Å²) in [6.07, 6.45) is 5.30. The van der Waals surface area contributed by atoms with E-state index in [1.807, 2.05) is 35.0 Å². The number of aliphatic hydroxyl groups is 1. The average molecular weight is 417 g/mol. The number of aromatic nitrogens is 3. The predicted molar refractivity (Wildman–Crippen MR) is 109 cm³/mol. The first kappa shape index (κ1) is 20.0. The van der Waals surface area contributed by atoms with Crippen molar-refractivity contribution in [2.24, 2.45) is 0 Å². The molecule has 2 aromatic heterocycles. The van der Waals surface area contributed by atoms with E-state index >= 15 is 0 Å². The molecule has 154 valence electrons. The second kappa shape index (κ2) is 8.19. The molecule has 0 radical (unpaired) electrons. The Morgan fingerprint density at radius 2 is 1.97 bits per heavy atom. The van der Waals surface area contributed by atoms with Gasteiger partial charge in [-0.05, 0) is 37.3 Å². The molecule has 0 unspecified atom stereocenters. The zero-order valence-corrected chi connectivity index (χ0v) is 16.9. The van der Waals surface area contributed by atoms with Crippen LogP contribution in [-0.2, 0) is 27.3 Å². The predicted octanol–water partition coefficient (Wildman–Crippen LogP) is 1.76. The van der Waals surface area contributed by atoms with E-state index in [0.29, 0.717) is 12.8 Å². The molecule has 0 bridgehead atoms. The van der Waals surface area contributed by atoms with E-state index in [9.17, 15) is 13.5 Å². The molecule has 3 atom stereocenters. The average Bonchev–Trinajstić information content (AvgIpc) is 3.31. The number of aryl methyl sites for hydroxylation is 2. The molecule has 1 aromatic carbocycles. The summed E-state index contributed by atoms with van der Waals surface area (Å²) in [4.78, 5) is 8.92. The Labute approximate surface area is 169 Å². The maximum atomic E-state index is 11.7. The van der Waals surface area contributed by atoms with Crippen LogP contribution < -0.4 is 4.72 Å². The van der Waals surface area contributed by atoms with Gasteiger partial charge < -0.3 is 9.67 Å². The van der Waals surface area contributed by atoms with Crippen molar-refractivity contribution in [3.05, 3.63) is 60.2 Å². The fraction of sp³-hybridized carbons (Fsp3) is 0.400. The Morgan fingerprint density at radius 1 is 1.17 bits per heavy atom. The normalized spacial score (nSPS) is 22.3. The first-order valence-corrected chi connectivity index (χ1v) is 11.0. The minimum Gasteiger partial charge on any atom is -0.391 e. The van der Waals surface area contributed by atoms with Crippen molar-refractivity contribution in [2.75, 3.05) is 7.11 Å². The Bertz CT molecular complexity index is 1080. The maximum Gasteiger partial charge on any atom is 0.335 e. The minimum absolute atomic E-state index is 0.0658. The van der Waals surface area contributed by atoms with Gasteiger partial charge in [-0.3, -0.25) is 4.18 Å². The molecule has 8 nitrogen and oxygen atoms in total. The van der Waals surface area contributed by atoms with Gasteiger partial charge in [-0.1, -0.05) is 30.3 Å². The SMILES string of the molecule is COS(=O)(=O)N[C@H]1C[C@@H](n2ccc3c(CCc4ccccc4)ncnc32)C[C@@H]1O. The van der Waals surface area contributed by atoms with Crippen LogP contribution in [0.1, 0.15) is 30.1 Å². The molecule has 2 heterocycles. The number of nitrogens with one attached hydrogen (secondary N) is 1. The molecule has 1 fully saturated rings. The number of nitrogens with zero attached hydrogens (tertiary/aromatic N) is 3. The summed E-state index contributed by atoms with van der Waals surface area (Å²) in [6, 6.07) is 11.6. The summed E-state index contributed by atoms with van der Waals surface area (Å²) in [5.41, 5.74) is 3.04. The molecule has 0 amide bonds. The Hall–Kier alpha value is -2.33. The van der Waals surface area contributed by atoms with E-state index in [1.54, 1.807) is 6.33 Å². The van der Waals surface area contributed by atoms with Gasteiger partial charge in [-0.15, -0.1) is 0 Å². The highest BCUT2D eigenvalue weighted by atomic mass is 32.2. The van der Waals surface area contributed by atoms with Crippen LogP contribution in [0.15, 0.2) is 48.9 Å². The summed E-state index contributed by atoms with van der Waals surface area (Å²) >= 11 is 0. The number of aliphatic hydroxyl groups excluding tert-OH is 1. The fourth-order valence-corrected chi connectivity index (χ4v) is 4.72. The molecule has 0 saturated heterocycles. The lowest BCUT2D eigenvalue weighted by Crippen LogP contribution is -2.40. The van der Waals surface area contributed by atoms with E-state index in [0.717, 1.165) is 36.7 Å². The summed E-state index contributed by atoms with van der Waals surface area (Å²) < 4.78 is 32.2. The minimum atomic E-state index is -3.86. The summed E-state index contributed by atoms with van der Waals surface area (Å²) in [6.45, 7) is 0. The van der Waals surface area contributed by atoms with Gasteiger partial charge in [0.25, 0.3) is 0 Å². The lowest BCUT2D eigenvalue weighted by atomic mass is 10.1. The van der Waals surface area contributed by atoms with Crippen molar-refractivity contribution >= 4 is 21.3 Å². The fourth-order valence-electron chi connectivity index (χ4n) is 4.00. The number of hydrogen-bond acceptors (Lipinski definition) is 6. The lowest BCUT2D eigenvalue weighted by Gasteiger charge is -2.15. The first-order chi connectivity index (χ1) is 14.0. The van der Waals surface area contributed by atoms with Gasteiger partial charge in [0.2, 0.25) is 0 Å². The second-order valence-electron chi connectivity index (χ2n) is 7.30. The maximum absolute atomic E-state index is 11.7. The smallest absolute Gasteiger partial charge is 0.335 e. The zero-order valence-electron chi connectivity index (χ0n) is 16.1. The van der Waals surface area contributed by atoms with Gasteiger partial charge in [-0.2, -0.15) is 13.1 Å². The third kappa shape index (κ3) is 4.32. The Kier molecular flexibility index (Phi) is 5.64. The zero-order chi connectivity index (χ0) is 20.4. The molecule has 4 rings (SSSR count). The van der Waals surface area contributed by atoms with Crippen molar-refractivity contribution in [3.8, 4) is 0 Å². The monoisotopic (exact) mass is 416 g/mol. The quantitative estimate of drug-likeness (QED) is 0.608. The van der Waals surface area contributed by atoms with E-state index in [1.165, 1.54) is 5.56 Å². The standard InChI is InChI=1S/C20H24N4O4S/c1-28-29(26,27)23-18-11-15(12-19(18)25)24-10-9-16-17(21-13-22-20(16)24)8-7-14-5-3-2-4-6-14/h2-6,9-10,13,15,18-19,23,25H,7-8,11-12H2,1H3/t15-,18+,19+/m1/s1. The summed E-state index contributed by atoms with van der Waals surface area (Å²) in [5, 5.41) is 11.3. The topological polar surface area (TPSA) is 106 Å². The first-order valence-electron chi connectivity index (χ1n) is 9.57. The van der Waals surface area contributed by atoms with E-state index < -0.39 is 22.4 Å². The van der Waals surface area contributed by atoms with E-state index in [2.05, 4.69) is 31.0 Å². The largest absolute Gasteiger partial charge is 0.391 e. The molecule has 1 aliphatic carbocycles. The summed E-state index contributed by atoms with van der Waals surface area (Å²) in [7, 11) is -2.76. The van der Waals surface area contributed by atoms with Crippen molar-refractivity contribution in [1.29, 1.82) is 0 Å². The molecule has 29 heavy (non-hydrogen) atoms. The van der Waals surface area contributed by atoms with Gasteiger partial charge in [0.05, 0.1) is 24.9 Å². The molecule has 1 saturated carbocycles. The molecule has 3 aromatic rings. The molecular weight excluding hydrogens is 392 g/mol. The molecule has 0 spiro atoms. The molecule has 9 heteroatoms. The highest BCUT2D eigenvalue weighted by molar-refractivity contribution is 7.84. The lowest BCUT2D eigenvalue weighted by molar-refractivity contribution is 0.154. The van der Waals surface area contributed by atoms with Gasteiger partial charge in [-0.25, -0.2) is 9.97 Å². The van der Waals surface area contributed by atoms with Gasteiger partial charge >= 0.3 is 10.3 Å². The Balaban J connectivity index is 1.53. The molecule has 1 aliphatic rings. The van der Waals surface area contributed by atoms with Crippen LogP contribution >= 0.6 is 0 Å². The van der Waals surface area contributed by atoms with Crippen LogP contribution in [0.4, 0.5) is 0 Å². The molecule has 2 N–H and O–H groups in total. The van der Waals surface area contributed by atoms with Crippen LogP contribution in [-0.4, -0.2) is 47.3 Å². The van der Waals surface area contributed by atoms with Crippen LogP contribution in [0, 0.1) is 0 Å². The third-order valence-corrected chi connectivity index (χ3v) is 6.53. The highest BCUT2D eigenvalue weighted by Gasteiger charge is 2.37. The number of hydrogen-bond donors (Lipinski definition) is 2. The number of benzene rings is 1. The van der Waals surface area contributed by atoms with Crippen LogP contribution in [0.3, 0.4) is 0 Å². The second-order valence-corrected chi connectivity index (χ2v) is 8.78. The molecular formula is C20H24N4O4S. The number of fused-ring (bicyclic) bond motifs is 1. The van der Waals surface area contributed by atoms with Crippen LogP contribution in [0.5, 0.6) is 0 Å². The van der Waals surface area contributed by atoms with E-state index in [-0.39, 0.29) is 6.04 Å². The van der Waals surface area contributed by atoms with Crippen molar-refractivity contribution in [1.82, 2.24) is 19.3 Å². The third-order valence-electron chi connectivity index (χ3n) is 5.50. The van der Waals surface area contributed by atoms with Crippen molar-refractivity contribution in [3.63, 3.8) is 0 Å².